The van der Waals surface area contributed by atoms with E-state index < -0.39 is 0 Å². The first-order chi connectivity index (χ1) is 17.8. The third-order valence-corrected chi connectivity index (χ3v) is 10.5. The van der Waals surface area contributed by atoms with Gasteiger partial charge in [-0.2, -0.15) is 0 Å². The Kier molecular flexibility index (Phi) is 7.05. The van der Waals surface area contributed by atoms with Crippen LogP contribution in [0.15, 0.2) is 78.9 Å². The highest BCUT2D eigenvalue weighted by Gasteiger charge is 2.57. The molecule has 0 heterocycles. The first-order valence-corrected chi connectivity index (χ1v) is 15.1. The Morgan fingerprint density at radius 2 is 0.917 bits per heavy atom. The average Bonchev–Trinajstić information content (AvgIpc) is 2.99. The topological polar surface area (TPSA) is 0 Å². The summed E-state index contributed by atoms with van der Waals surface area (Å²) in [6.07, 6.45) is 21.5. The van der Waals surface area contributed by atoms with Gasteiger partial charge in [-0.05, 0) is 77.7 Å². The summed E-state index contributed by atoms with van der Waals surface area (Å²) in [7, 11) is 0. The van der Waals surface area contributed by atoms with Gasteiger partial charge in [-0.3, -0.25) is 0 Å². The van der Waals surface area contributed by atoms with Crippen molar-refractivity contribution in [1.29, 1.82) is 0 Å². The van der Waals surface area contributed by atoms with Gasteiger partial charge in [0.1, 0.15) is 0 Å². The molecule has 0 atom stereocenters. The maximum Gasteiger partial charge on any atom is 0.00243 e. The third kappa shape index (κ3) is 4.15. The fourth-order valence-corrected chi connectivity index (χ4v) is 9.05. The van der Waals surface area contributed by atoms with Crippen LogP contribution in [0.1, 0.15) is 102 Å². The zero-order chi connectivity index (χ0) is 24.3. The molecule has 0 aromatic heterocycles. The molecule has 0 spiro atoms. The zero-order valence-corrected chi connectivity index (χ0v) is 22.2. The monoisotopic (exact) mass is 476 g/mol. The smallest absolute Gasteiger partial charge is 0.00243 e. The molecule has 3 aromatic rings. The van der Waals surface area contributed by atoms with Crippen LogP contribution < -0.4 is 0 Å². The lowest BCUT2D eigenvalue weighted by Crippen LogP contribution is -2.53. The van der Waals surface area contributed by atoms with Gasteiger partial charge in [0, 0.05) is 5.41 Å². The second kappa shape index (κ2) is 10.6. The van der Waals surface area contributed by atoms with Crippen LogP contribution in [0.4, 0.5) is 0 Å². The van der Waals surface area contributed by atoms with Gasteiger partial charge in [0.2, 0.25) is 0 Å². The van der Waals surface area contributed by atoms with E-state index in [1.807, 2.05) is 0 Å². The van der Waals surface area contributed by atoms with E-state index in [0.717, 1.165) is 5.92 Å². The van der Waals surface area contributed by atoms with Crippen molar-refractivity contribution < 1.29 is 0 Å². The third-order valence-electron chi connectivity index (χ3n) is 10.5. The van der Waals surface area contributed by atoms with Gasteiger partial charge < -0.3 is 0 Å². The molecule has 0 amide bonds. The molecule has 188 valence electrons. The Labute approximate surface area is 219 Å². The number of rotatable bonds is 5. The molecule has 3 saturated carbocycles. The van der Waals surface area contributed by atoms with E-state index in [2.05, 4.69) is 78.9 Å². The maximum absolute atomic E-state index is 2.46. The van der Waals surface area contributed by atoms with Crippen molar-refractivity contribution >= 4 is 0 Å². The summed E-state index contributed by atoms with van der Waals surface area (Å²) in [6, 6.07) is 30.0. The summed E-state index contributed by atoms with van der Waals surface area (Å²) in [5.74, 6) is 0.900. The largest absolute Gasteiger partial charge is 0.0622 e. The van der Waals surface area contributed by atoms with Crippen LogP contribution in [0, 0.1) is 11.3 Å². The minimum atomic E-state index is 0.283. The Hall–Kier alpha value is -2.34. The summed E-state index contributed by atoms with van der Waals surface area (Å²) in [6.45, 7) is 0. The molecule has 6 rings (SSSR count). The Morgan fingerprint density at radius 1 is 0.444 bits per heavy atom. The van der Waals surface area contributed by atoms with Crippen molar-refractivity contribution in [3.05, 3.63) is 84.4 Å². The zero-order valence-electron chi connectivity index (χ0n) is 22.2. The number of hydrogen-bond acceptors (Lipinski definition) is 0. The molecule has 0 heteroatoms. The summed E-state index contributed by atoms with van der Waals surface area (Å²) >= 11 is 0. The lowest BCUT2D eigenvalue weighted by molar-refractivity contribution is -0.0392. The molecule has 3 aliphatic carbocycles. The van der Waals surface area contributed by atoms with E-state index in [1.54, 1.807) is 5.56 Å². The van der Waals surface area contributed by atoms with Crippen LogP contribution in [0.3, 0.4) is 0 Å². The second-order valence-electron chi connectivity index (χ2n) is 12.2. The molecule has 3 aliphatic rings. The van der Waals surface area contributed by atoms with E-state index in [0.29, 0.717) is 5.41 Å². The average molecular weight is 477 g/mol. The molecule has 0 radical (unpaired) electrons. The lowest BCUT2D eigenvalue weighted by Gasteiger charge is -2.60. The van der Waals surface area contributed by atoms with E-state index >= 15 is 0 Å². The lowest BCUT2D eigenvalue weighted by atomic mass is 9.43. The predicted molar refractivity (Wildman–Crippen MR) is 154 cm³/mol. The van der Waals surface area contributed by atoms with Crippen LogP contribution in [0.5, 0.6) is 0 Å². The first-order valence-electron chi connectivity index (χ1n) is 15.1. The second-order valence-corrected chi connectivity index (χ2v) is 12.2. The SMILES string of the molecule is c1ccc(-c2cccc(-c3ccccc3)c2C2(C3(C4CCCCC4)CCCCC3)CCCCC2)cc1. The van der Waals surface area contributed by atoms with Gasteiger partial charge in [-0.15, -0.1) is 0 Å². The van der Waals surface area contributed by atoms with E-state index in [1.165, 1.54) is 119 Å². The van der Waals surface area contributed by atoms with Gasteiger partial charge in [0.25, 0.3) is 0 Å². The van der Waals surface area contributed by atoms with Crippen molar-refractivity contribution in [1.82, 2.24) is 0 Å². The minimum absolute atomic E-state index is 0.283. The molecular weight excluding hydrogens is 432 g/mol. The predicted octanol–water partition coefficient (Wildman–Crippen LogP) is 10.8. The molecule has 0 unspecified atom stereocenters. The van der Waals surface area contributed by atoms with Gasteiger partial charge in [-0.25, -0.2) is 0 Å². The first kappa shape index (κ1) is 24.0. The van der Waals surface area contributed by atoms with E-state index in [4.69, 9.17) is 0 Å². The molecule has 0 nitrogen and oxygen atoms in total. The van der Waals surface area contributed by atoms with Crippen molar-refractivity contribution in [2.24, 2.45) is 11.3 Å². The highest BCUT2D eigenvalue weighted by atomic mass is 14.6. The van der Waals surface area contributed by atoms with Crippen LogP contribution in [-0.4, -0.2) is 0 Å². The maximum atomic E-state index is 2.46. The molecule has 3 fully saturated rings. The molecule has 0 N–H and O–H groups in total. The van der Waals surface area contributed by atoms with Crippen molar-refractivity contribution in [3.8, 4) is 22.3 Å². The van der Waals surface area contributed by atoms with Crippen LogP contribution in [0.2, 0.25) is 0 Å². The molecular formula is C36H44. The van der Waals surface area contributed by atoms with Gasteiger partial charge >= 0.3 is 0 Å². The quantitative estimate of drug-likeness (QED) is 0.343. The number of benzene rings is 3. The molecule has 0 aliphatic heterocycles. The fraction of sp³-hybridized carbons (Fsp3) is 0.500. The summed E-state index contributed by atoms with van der Waals surface area (Å²) in [4.78, 5) is 0. The van der Waals surface area contributed by atoms with Crippen molar-refractivity contribution in [2.45, 2.75) is 102 Å². The van der Waals surface area contributed by atoms with Gasteiger partial charge in [0.05, 0.1) is 0 Å². The van der Waals surface area contributed by atoms with Crippen LogP contribution >= 0.6 is 0 Å². The highest BCUT2D eigenvalue weighted by Crippen LogP contribution is 2.65. The van der Waals surface area contributed by atoms with Gasteiger partial charge in [-0.1, -0.05) is 137 Å². The molecule has 0 saturated heterocycles. The summed E-state index contributed by atoms with van der Waals surface area (Å²) < 4.78 is 0. The standard InChI is InChI=1S/C36H44/c1-6-17-29(18-7-1)32-23-16-24-33(30-19-8-2-9-20-30)34(32)36(27-14-5-15-28-36)35(25-12-4-13-26-35)31-21-10-3-11-22-31/h1-2,6-9,16-20,23-24,31H,3-5,10-15,21-22,25-28H2. The van der Waals surface area contributed by atoms with E-state index in [-0.39, 0.29) is 5.41 Å². The summed E-state index contributed by atoms with van der Waals surface area (Å²) in [5, 5.41) is 0. The Morgan fingerprint density at radius 3 is 1.44 bits per heavy atom. The van der Waals surface area contributed by atoms with E-state index in [9.17, 15) is 0 Å². The van der Waals surface area contributed by atoms with Crippen LogP contribution in [-0.2, 0) is 5.41 Å². The number of hydrogen-bond donors (Lipinski definition) is 0. The van der Waals surface area contributed by atoms with Crippen molar-refractivity contribution in [3.63, 3.8) is 0 Å². The van der Waals surface area contributed by atoms with Crippen LogP contribution in [0.25, 0.3) is 22.3 Å². The summed E-state index contributed by atoms with van der Waals surface area (Å²) in [5.41, 5.74) is 8.30. The molecule has 0 bridgehead atoms. The fourth-order valence-electron chi connectivity index (χ4n) is 9.05. The normalized spacial score (nSPS) is 22.2. The molecule has 36 heavy (non-hydrogen) atoms. The molecule has 3 aromatic carbocycles. The van der Waals surface area contributed by atoms with Crippen molar-refractivity contribution in [2.75, 3.05) is 0 Å². The minimum Gasteiger partial charge on any atom is -0.0622 e. The Bertz CT molecular complexity index is 1050. The Balaban J connectivity index is 1.65. The van der Waals surface area contributed by atoms with Gasteiger partial charge in [0.15, 0.2) is 0 Å². The highest BCUT2D eigenvalue weighted by molar-refractivity contribution is 5.80.